The van der Waals surface area contributed by atoms with Crippen LogP contribution in [-0.4, -0.2) is 29.0 Å². The Bertz CT molecular complexity index is 1430. The number of phenolic OH excluding ortho intramolecular Hbond substituents is 1. The summed E-state index contributed by atoms with van der Waals surface area (Å²) in [7, 11) is 1.58. The number of nitrogens with zero attached hydrogens (tertiary/aromatic N) is 1. The number of aromatic hydroxyl groups is 1. The molecule has 1 unspecified atom stereocenters. The summed E-state index contributed by atoms with van der Waals surface area (Å²) in [5, 5.41) is 21.6. The van der Waals surface area contributed by atoms with Gasteiger partial charge in [0.1, 0.15) is 17.3 Å². The quantitative estimate of drug-likeness (QED) is 0.230. The highest BCUT2D eigenvalue weighted by atomic mass is 35.5. The number of aliphatic hydroxyl groups is 1. The number of ketones is 1. The SMILES string of the molecule is COc1ccc(/C(O)=C2/C(=O)C(=O)N(c3cc(C)cc(C)c3)C2c2ccc(O)c(Cl)c2)cc1C(C)(C)C. The van der Waals surface area contributed by atoms with Crippen LogP contribution in [0.2, 0.25) is 5.02 Å². The van der Waals surface area contributed by atoms with Gasteiger partial charge in [-0.25, -0.2) is 0 Å². The van der Waals surface area contributed by atoms with Gasteiger partial charge in [0, 0.05) is 16.8 Å². The van der Waals surface area contributed by atoms with Crippen LogP contribution in [0.25, 0.3) is 5.76 Å². The van der Waals surface area contributed by atoms with Crippen molar-refractivity contribution < 1.29 is 24.5 Å². The van der Waals surface area contributed by atoms with E-state index in [-0.39, 0.29) is 27.5 Å². The molecular weight excluding hydrogens is 490 g/mol. The Morgan fingerprint density at radius 2 is 1.62 bits per heavy atom. The molecule has 1 saturated heterocycles. The number of carbonyl (C=O) groups is 2. The molecule has 0 saturated carbocycles. The molecule has 3 aromatic carbocycles. The fourth-order valence-corrected chi connectivity index (χ4v) is 4.98. The zero-order valence-corrected chi connectivity index (χ0v) is 22.5. The van der Waals surface area contributed by atoms with Gasteiger partial charge in [0.05, 0.1) is 23.7 Å². The Labute approximate surface area is 221 Å². The second-order valence-corrected chi connectivity index (χ2v) is 10.8. The first kappa shape index (κ1) is 26.3. The standard InChI is InChI=1S/C30H30ClNO5/c1-16-11-17(2)13-20(12-16)32-26(18-7-9-23(33)22(31)15-18)25(28(35)29(32)36)27(34)19-8-10-24(37-6)21(14-19)30(3,4)5/h7-15,26,33-34H,1-6H3/b27-25-. The third kappa shape index (κ3) is 4.81. The molecule has 6 nitrogen and oxygen atoms in total. The normalized spacial score (nSPS) is 17.4. The van der Waals surface area contributed by atoms with Gasteiger partial charge in [-0.1, -0.05) is 44.5 Å². The molecule has 192 valence electrons. The van der Waals surface area contributed by atoms with E-state index in [1.54, 1.807) is 31.4 Å². The van der Waals surface area contributed by atoms with Crippen LogP contribution in [0.15, 0.2) is 60.2 Å². The van der Waals surface area contributed by atoms with E-state index in [1.807, 2.05) is 52.8 Å². The van der Waals surface area contributed by atoms with Gasteiger partial charge in [0.15, 0.2) is 0 Å². The maximum absolute atomic E-state index is 13.5. The Morgan fingerprint density at radius 1 is 0.973 bits per heavy atom. The number of rotatable bonds is 4. The number of aryl methyl sites for hydroxylation is 2. The summed E-state index contributed by atoms with van der Waals surface area (Å²) in [5.41, 5.74) is 3.71. The molecule has 0 radical (unpaired) electrons. The van der Waals surface area contributed by atoms with Crippen LogP contribution in [0, 0.1) is 13.8 Å². The van der Waals surface area contributed by atoms with Crippen LogP contribution in [0.4, 0.5) is 5.69 Å². The summed E-state index contributed by atoms with van der Waals surface area (Å²) in [4.78, 5) is 28.3. The third-order valence-electron chi connectivity index (χ3n) is 6.50. The van der Waals surface area contributed by atoms with Crippen molar-refractivity contribution in [2.24, 2.45) is 0 Å². The van der Waals surface area contributed by atoms with Crippen LogP contribution < -0.4 is 9.64 Å². The van der Waals surface area contributed by atoms with E-state index < -0.39 is 17.7 Å². The summed E-state index contributed by atoms with van der Waals surface area (Å²) in [5.74, 6) is -1.34. The number of carbonyl (C=O) groups excluding carboxylic acids is 2. The predicted molar refractivity (Wildman–Crippen MR) is 146 cm³/mol. The van der Waals surface area contributed by atoms with Crippen molar-refractivity contribution in [1.82, 2.24) is 0 Å². The Balaban J connectivity index is 2.00. The summed E-state index contributed by atoms with van der Waals surface area (Å²) in [6.07, 6.45) is 0. The number of methoxy groups -OCH3 is 1. The summed E-state index contributed by atoms with van der Waals surface area (Å²) in [6, 6.07) is 14.3. The smallest absolute Gasteiger partial charge is 0.300 e. The van der Waals surface area contributed by atoms with Gasteiger partial charge >= 0.3 is 0 Å². The maximum Gasteiger partial charge on any atom is 0.300 e. The molecule has 1 amide bonds. The largest absolute Gasteiger partial charge is 0.507 e. The number of amides is 1. The molecule has 4 rings (SSSR count). The second-order valence-electron chi connectivity index (χ2n) is 10.4. The zero-order valence-electron chi connectivity index (χ0n) is 21.7. The number of hydrogen-bond acceptors (Lipinski definition) is 5. The topological polar surface area (TPSA) is 87.1 Å². The summed E-state index contributed by atoms with van der Waals surface area (Å²) >= 11 is 6.23. The van der Waals surface area contributed by atoms with Crippen molar-refractivity contribution >= 4 is 34.7 Å². The zero-order chi connectivity index (χ0) is 27.2. The van der Waals surface area contributed by atoms with Gasteiger partial charge in [-0.3, -0.25) is 14.5 Å². The lowest BCUT2D eigenvalue weighted by atomic mass is 9.84. The van der Waals surface area contributed by atoms with Gasteiger partial charge < -0.3 is 14.9 Å². The minimum atomic E-state index is -0.959. The summed E-state index contributed by atoms with van der Waals surface area (Å²) < 4.78 is 5.52. The van der Waals surface area contributed by atoms with Crippen molar-refractivity contribution in [1.29, 1.82) is 0 Å². The first-order valence-electron chi connectivity index (χ1n) is 11.9. The molecule has 0 aliphatic carbocycles. The van der Waals surface area contributed by atoms with Crippen molar-refractivity contribution in [3.8, 4) is 11.5 Å². The molecule has 0 spiro atoms. The van der Waals surface area contributed by atoms with Gasteiger partial charge in [0.25, 0.3) is 11.7 Å². The molecular formula is C30H30ClNO5. The Kier molecular flexibility index (Phi) is 6.82. The van der Waals surface area contributed by atoms with Gasteiger partial charge in [-0.2, -0.15) is 0 Å². The molecule has 2 N–H and O–H groups in total. The van der Waals surface area contributed by atoms with E-state index in [0.29, 0.717) is 22.6 Å². The third-order valence-corrected chi connectivity index (χ3v) is 6.80. The maximum atomic E-state index is 13.5. The molecule has 1 aliphatic heterocycles. The highest BCUT2D eigenvalue weighted by Crippen LogP contribution is 2.44. The number of ether oxygens (including phenoxy) is 1. The fraction of sp³-hybridized carbons (Fsp3) is 0.267. The van der Waals surface area contributed by atoms with Crippen molar-refractivity contribution in [3.63, 3.8) is 0 Å². The van der Waals surface area contributed by atoms with E-state index in [1.165, 1.54) is 17.0 Å². The lowest BCUT2D eigenvalue weighted by molar-refractivity contribution is -0.132. The number of phenols is 1. The summed E-state index contributed by atoms with van der Waals surface area (Å²) in [6.45, 7) is 9.88. The molecule has 7 heteroatoms. The van der Waals surface area contributed by atoms with E-state index in [0.717, 1.165) is 16.7 Å². The first-order chi connectivity index (χ1) is 17.3. The molecule has 1 heterocycles. The van der Waals surface area contributed by atoms with Gasteiger partial charge in [-0.05, 0) is 78.4 Å². The van der Waals surface area contributed by atoms with Crippen LogP contribution in [0.5, 0.6) is 11.5 Å². The van der Waals surface area contributed by atoms with Gasteiger partial charge in [-0.15, -0.1) is 0 Å². The number of aliphatic hydroxyl groups excluding tert-OH is 1. The minimum absolute atomic E-state index is 0.0593. The van der Waals surface area contributed by atoms with Crippen molar-refractivity contribution in [2.75, 3.05) is 12.0 Å². The lowest BCUT2D eigenvalue weighted by Gasteiger charge is -2.27. The number of anilines is 1. The average molecular weight is 520 g/mol. The monoisotopic (exact) mass is 519 g/mol. The molecule has 0 bridgehead atoms. The Morgan fingerprint density at radius 3 is 2.19 bits per heavy atom. The van der Waals surface area contributed by atoms with E-state index >= 15 is 0 Å². The highest BCUT2D eigenvalue weighted by molar-refractivity contribution is 6.51. The van der Waals surface area contributed by atoms with Crippen LogP contribution >= 0.6 is 11.6 Å². The molecule has 1 aliphatic rings. The second kappa shape index (κ2) is 9.60. The molecule has 1 fully saturated rings. The highest BCUT2D eigenvalue weighted by Gasteiger charge is 2.47. The minimum Gasteiger partial charge on any atom is -0.507 e. The molecule has 1 atom stereocenters. The molecule has 3 aromatic rings. The number of Topliss-reactive ketones (excluding diaryl/α,β-unsaturated/α-hetero) is 1. The van der Waals surface area contributed by atoms with Crippen molar-refractivity contribution in [3.05, 3.63) is 93.0 Å². The molecule has 37 heavy (non-hydrogen) atoms. The van der Waals surface area contributed by atoms with E-state index in [2.05, 4.69) is 0 Å². The Hall–Kier alpha value is -3.77. The first-order valence-corrected chi connectivity index (χ1v) is 12.3. The van der Waals surface area contributed by atoms with E-state index in [9.17, 15) is 19.8 Å². The average Bonchev–Trinajstić information content (AvgIpc) is 3.09. The van der Waals surface area contributed by atoms with Crippen LogP contribution in [0.3, 0.4) is 0 Å². The van der Waals surface area contributed by atoms with E-state index in [4.69, 9.17) is 16.3 Å². The lowest BCUT2D eigenvalue weighted by Crippen LogP contribution is -2.29. The predicted octanol–water partition coefficient (Wildman–Crippen LogP) is 6.59. The fourth-order valence-electron chi connectivity index (χ4n) is 4.79. The number of benzene rings is 3. The number of halogens is 1. The van der Waals surface area contributed by atoms with Crippen LogP contribution in [0.1, 0.15) is 54.6 Å². The van der Waals surface area contributed by atoms with Gasteiger partial charge in [0.2, 0.25) is 0 Å². The molecule has 0 aromatic heterocycles. The van der Waals surface area contributed by atoms with Crippen LogP contribution in [-0.2, 0) is 15.0 Å². The number of hydrogen-bond donors (Lipinski definition) is 2. The van der Waals surface area contributed by atoms with Crippen molar-refractivity contribution in [2.45, 2.75) is 46.1 Å².